The van der Waals surface area contributed by atoms with Crippen LogP contribution in [0.4, 0.5) is 0 Å². The first-order valence-electron chi connectivity index (χ1n) is 6.95. The summed E-state index contributed by atoms with van der Waals surface area (Å²) >= 11 is 1.62. The van der Waals surface area contributed by atoms with E-state index in [-0.39, 0.29) is 18.3 Å². The van der Waals surface area contributed by atoms with Gasteiger partial charge in [-0.3, -0.25) is 4.79 Å². The van der Waals surface area contributed by atoms with Crippen LogP contribution in [0.3, 0.4) is 0 Å². The molecule has 0 bridgehead atoms. The van der Waals surface area contributed by atoms with Crippen LogP contribution in [0, 0.1) is 11.8 Å². The van der Waals surface area contributed by atoms with Gasteiger partial charge in [-0.1, -0.05) is 18.2 Å². The van der Waals surface area contributed by atoms with Crippen LogP contribution >= 0.6 is 24.2 Å². The van der Waals surface area contributed by atoms with Gasteiger partial charge in [-0.05, 0) is 36.8 Å². The highest BCUT2D eigenvalue weighted by molar-refractivity contribution is 8.00. The molecule has 0 radical (unpaired) electrons. The summed E-state index contributed by atoms with van der Waals surface area (Å²) in [5, 5.41) is 0. The Balaban J connectivity index is 0.00000147. The lowest BCUT2D eigenvalue weighted by atomic mass is 9.98. The Bertz CT molecular complexity index is 456. The molecule has 20 heavy (non-hydrogen) atoms. The zero-order chi connectivity index (χ0) is 13.2. The zero-order valence-electron chi connectivity index (χ0n) is 11.4. The van der Waals surface area contributed by atoms with Gasteiger partial charge in [0.2, 0.25) is 5.91 Å². The lowest BCUT2D eigenvalue weighted by Crippen LogP contribution is -2.34. The van der Waals surface area contributed by atoms with Gasteiger partial charge in [0, 0.05) is 24.0 Å². The van der Waals surface area contributed by atoms with E-state index in [1.54, 1.807) is 11.8 Å². The van der Waals surface area contributed by atoms with Crippen molar-refractivity contribution in [2.24, 2.45) is 17.6 Å². The summed E-state index contributed by atoms with van der Waals surface area (Å²) in [6.45, 7) is 1.80. The Kier molecular flexibility index (Phi) is 5.35. The van der Waals surface area contributed by atoms with Crippen LogP contribution in [-0.2, 0) is 4.79 Å². The second-order valence-electron chi connectivity index (χ2n) is 5.57. The second-order valence-corrected chi connectivity index (χ2v) is 6.61. The van der Waals surface area contributed by atoms with Gasteiger partial charge in [0.1, 0.15) is 0 Å². The Morgan fingerprint density at radius 2 is 2.00 bits per heavy atom. The van der Waals surface area contributed by atoms with E-state index < -0.39 is 0 Å². The Hall–Kier alpha value is -0.710. The van der Waals surface area contributed by atoms with Crippen molar-refractivity contribution in [1.29, 1.82) is 0 Å². The molecule has 2 N–H and O–H groups in total. The average molecular weight is 313 g/mol. The second kappa shape index (κ2) is 6.83. The predicted molar refractivity (Wildman–Crippen MR) is 85.2 cm³/mol. The molecule has 110 valence electrons. The third-order valence-corrected chi connectivity index (χ3v) is 5.37. The van der Waals surface area contributed by atoms with E-state index in [2.05, 4.69) is 0 Å². The van der Waals surface area contributed by atoms with Gasteiger partial charge in [0.25, 0.3) is 0 Å². The maximum absolute atomic E-state index is 12.2. The third-order valence-electron chi connectivity index (χ3n) is 4.37. The van der Waals surface area contributed by atoms with Crippen molar-refractivity contribution in [1.82, 2.24) is 4.90 Å². The number of nitrogens with two attached hydrogens (primary N) is 1. The fourth-order valence-corrected chi connectivity index (χ4v) is 4.09. The first-order chi connectivity index (χ1) is 9.24. The fourth-order valence-electron chi connectivity index (χ4n) is 3.26. The number of amides is 1. The van der Waals surface area contributed by atoms with Crippen molar-refractivity contribution in [2.75, 3.05) is 18.8 Å². The Morgan fingerprint density at radius 3 is 2.70 bits per heavy atom. The molecule has 0 spiro atoms. The number of rotatable bonds is 3. The SMILES string of the molecule is Cl.NC1CCC2CN(C(=O)CSc3ccccc3)CC12. The van der Waals surface area contributed by atoms with Gasteiger partial charge < -0.3 is 10.6 Å². The van der Waals surface area contributed by atoms with E-state index in [1.165, 1.54) is 6.42 Å². The number of carbonyl (C=O) groups is 1. The van der Waals surface area contributed by atoms with Crippen LogP contribution in [0.2, 0.25) is 0 Å². The van der Waals surface area contributed by atoms with Crippen molar-refractivity contribution in [2.45, 2.75) is 23.8 Å². The molecule has 5 heteroatoms. The molecule has 0 aromatic heterocycles. The van der Waals surface area contributed by atoms with Gasteiger partial charge in [-0.25, -0.2) is 0 Å². The first kappa shape index (κ1) is 15.7. The molecule has 1 aliphatic heterocycles. The van der Waals surface area contributed by atoms with E-state index in [1.807, 2.05) is 35.2 Å². The average Bonchev–Trinajstić information content (AvgIpc) is 3.00. The maximum atomic E-state index is 12.2. The molecule has 2 fully saturated rings. The third kappa shape index (κ3) is 3.30. The number of halogens is 1. The predicted octanol–water partition coefficient (Wildman–Crippen LogP) is 2.40. The highest BCUT2D eigenvalue weighted by atomic mass is 35.5. The number of hydrogen-bond acceptors (Lipinski definition) is 3. The Morgan fingerprint density at radius 1 is 1.25 bits per heavy atom. The van der Waals surface area contributed by atoms with Crippen LogP contribution in [0.1, 0.15) is 12.8 Å². The number of likely N-dealkylation sites (tertiary alicyclic amines) is 1. The van der Waals surface area contributed by atoms with E-state index in [0.29, 0.717) is 23.6 Å². The van der Waals surface area contributed by atoms with Crippen LogP contribution in [0.15, 0.2) is 35.2 Å². The van der Waals surface area contributed by atoms with Crippen molar-refractivity contribution in [3.05, 3.63) is 30.3 Å². The van der Waals surface area contributed by atoms with E-state index in [4.69, 9.17) is 5.73 Å². The molecule has 3 unspecified atom stereocenters. The largest absolute Gasteiger partial charge is 0.341 e. The molecule has 1 aliphatic carbocycles. The highest BCUT2D eigenvalue weighted by Crippen LogP contribution is 2.37. The molecule has 1 heterocycles. The molecule has 1 saturated carbocycles. The van der Waals surface area contributed by atoms with Crippen molar-refractivity contribution < 1.29 is 4.79 Å². The van der Waals surface area contributed by atoms with Gasteiger partial charge >= 0.3 is 0 Å². The van der Waals surface area contributed by atoms with Crippen LogP contribution in [0.5, 0.6) is 0 Å². The molecular formula is C15H21ClN2OS. The van der Waals surface area contributed by atoms with E-state index >= 15 is 0 Å². The summed E-state index contributed by atoms with van der Waals surface area (Å²) in [4.78, 5) is 15.4. The standard InChI is InChI=1S/C15H20N2OS.ClH/c16-14-7-6-11-8-17(9-13(11)14)15(18)10-19-12-4-2-1-3-5-12;/h1-5,11,13-14H,6-10,16H2;1H. The van der Waals surface area contributed by atoms with Gasteiger partial charge in [-0.2, -0.15) is 0 Å². The summed E-state index contributed by atoms with van der Waals surface area (Å²) in [5.41, 5.74) is 6.10. The van der Waals surface area contributed by atoms with E-state index in [9.17, 15) is 4.79 Å². The summed E-state index contributed by atoms with van der Waals surface area (Å²) in [5.74, 6) is 2.00. The van der Waals surface area contributed by atoms with Gasteiger partial charge in [0.05, 0.1) is 5.75 Å². The van der Waals surface area contributed by atoms with Crippen molar-refractivity contribution >= 4 is 30.1 Å². The minimum Gasteiger partial charge on any atom is -0.341 e. The zero-order valence-corrected chi connectivity index (χ0v) is 13.0. The number of nitrogens with zero attached hydrogens (tertiary/aromatic N) is 1. The number of fused-ring (bicyclic) bond motifs is 1. The van der Waals surface area contributed by atoms with Crippen LogP contribution in [0.25, 0.3) is 0 Å². The maximum Gasteiger partial charge on any atom is 0.232 e. The minimum atomic E-state index is 0. The van der Waals surface area contributed by atoms with Crippen LogP contribution < -0.4 is 5.73 Å². The molecule has 3 atom stereocenters. The normalized spacial score (nSPS) is 28.1. The lowest BCUT2D eigenvalue weighted by Gasteiger charge is -2.18. The number of carbonyl (C=O) groups excluding carboxylic acids is 1. The molecule has 3 rings (SSSR count). The van der Waals surface area contributed by atoms with Crippen molar-refractivity contribution in [3.8, 4) is 0 Å². The highest BCUT2D eigenvalue weighted by Gasteiger charge is 2.42. The fraction of sp³-hybridized carbons (Fsp3) is 0.533. The number of benzene rings is 1. The molecule has 1 amide bonds. The van der Waals surface area contributed by atoms with Crippen molar-refractivity contribution in [3.63, 3.8) is 0 Å². The topological polar surface area (TPSA) is 46.3 Å². The first-order valence-corrected chi connectivity index (χ1v) is 7.94. The summed E-state index contributed by atoms with van der Waals surface area (Å²) in [6, 6.07) is 10.4. The van der Waals surface area contributed by atoms with Gasteiger partial charge in [-0.15, -0.1) is 24.2 Å². The lowest BCUT2D eigenvalue weighted by molar-refractivity contribution is -0.127. The monoisotopic (exact) mass is 312 g/mol. The molecular weight excluding hydrogens is 292 g/mol. The smallest absolute Gasteiger partial charge is 0.232 e. The Labute approximate surface area is 130 Å². The minimum absolute atomic E-state index is 0. The summed E-state index contributed by atoms with van der Waals surface area (Å²) < 4.78 is 0. The molecule has 1 saturated heterocycles. The van der Waals surface area contributed by atoms with Crippen LogP contribution in [-0.4, -0.2) is 35.7 Å². The molecule has 1 aromatic rings. The molecule has 3 nitrogen and oxygen atoms in total. The summed E-state index contributed by atoms with van der Waals surface area (Å²) in [7, 11) is 0. The molecule has 1 aromatic carbocycles. The molecule has 2 aliphatic rings. The quantitative estimate of drug-likeness (QED) is 0.872. The number of thioether (sulfide) groups is 1. The number of hydrogen-bond donors (Lipinski definition) is 1. The summed E-state index contributed by atoms with van der Waals surface area (Å²) in [6.07, 6.45) is 2.33. The van der Waals surface area contributed by atoms with E-state index in [0.717, 1.165) is 24.4 Å². The van der Waals surface area contributed by atoms with Gasteiger partial charge in [0.15, 0.2) is 0 Å².